The van der Waals surface area contributed by atoms with Crippen LogP contribution in [0.5, 0.6) is 0 Å². The zero-order chi connectivity index (χ0) is 61.5. The summed E-state index contributed by atoms with van der Waals surface area (Å²) in [5.41, 5.74) is 0.892. The van der Waals surface area contributed by atoms with Crippen LogP contribution in [-0.4, -0.2) is 291 Å². The van der Waals surface area contributed by atoms with Crippen molar-refractivity contribution in [3.63, 3.8) is 0 Å². The van der Waals surface area contributed by atoms with E-state index in [1.165, 1.54) is 12.5 Å². The van der Waals surface area contributed by atoms with Crippen molar-refractivity contribution in [3.8, 4) is 0 Å². The van der Waals surface area contributed by atoms with Crippen molar-refractivity contribution < 1.29 is 139 Å². The maximum atomic E-state index is 12.3. The van der Waals surface area contributed by atoms with Gasteiger partial charge in [-0.15, -0.1) is 0 Å². The second-order valence-corrected chi connectivity index (χ2v) is 26.6. The van der Waals surface area contributed by atoms with Crippen LogP contribution >= 0.6 is 0 Å². The highest BCUT2D eigenvalue weighted by molar-refractivity contribution is 5.26. The van der Waals surface area contributed by atoms with Crippen molar-refractivity contribution in [1.82, 2.24) is 0 Å². The summed E-state index contributed by atoms with van der Waals surface area (Å²) in [5, 5.41) is 182. The van der Waals surface area contributed by atoms with Crippen molar-refractivity contribution in [2.45, 2.75) is 264 Å². The highest BCUT2D eigenvalue weighted by Crippen LogP contribution is 2.70. The zero-order valence-corrected chi connectivity index (χ0v) is 48.6. The molecule has 0 aromatic rings. The monoisotopic (exact) mass is 1230 g/mol. The Balaban J connectivity index is 0.792. The highest BCUT2D eigenvalue weighted by Gasteiger charge is 2.68. The first kappa shape index (κ1) is 66.5. The molecule has 17 N–H and O–H groups in total. The molecule has 0 aromatic carbocycles. The zero-order valence-electron chi connectivity index (χ0n) is 48.6. The first-order chi connectivity index (χ1) is 40.2. The molecule has 6 heterocycles. The fourth-order valence-corrected chi connectivity index (χ4v) is 16.5. The lowest BCUT2D eigenvalue weighted by atomic mass is 9.47. The van der Waals surface area contributed by atoms with Crippen LogP contribution < -0.4 is 0 Å². The van der Waals surface area contributed by atoms with E-state index < -0.39 is 192 Å². The van der Waals surface area contributed by atoms with E-state index in [0.29, 0.717) is 43.4 Å². The van der Waals surface area contributed by atoms with Crippen LogP contribution in [0.2, 0.25) is 0 Å². The second-order valence-electron chi connectivity index (χ2n) is 26.6. The summed E-state index contributed by atoms with van der Waals surface area (Å²) in [4.78, 5) is 0. The normalized spacial score (nSPS) is 54.8. The van der Waals surface area contributed by atoms with Gasteiger partial charge in [0.05, 0.1) is 51.3 Å². The van der Waals surface area contributed by atoms with E-state index >= 15 is 0 Å². The topological polar surface area (TPSA) is 445 Å². The van der Waals surface area contributed by atoms with E-state index in [4.69, 9.17) is 52.1 Å². The molecule has 0 amide bonds. The first-order valence-corrected chi connectivity index (χ1v) is 30.4. The third-order valence-electron chi connectivity index (χ3n) is 21.6. The maximum absolute atomic E-state index is 12.3. The summed E-state index contributed by atoms with van der Waals surface area (Å²) in [7, 11) is 0. The SMILES string of the molecule is CC(CCC1(O)OC2CC3C4CC=C5CC(OC6OC(CO)C(OC7OC(CO)C(OC8OC(CO)C(O)C(O)C8O)C(O)C7O)C(O)C6OC6OC(C)C(O)C(O)C6O)CCC5(C)C4CCC3(C)C2C1C)COC1OC(CO)C(O)C(O)C1O. The largest absolute Gasteiger partial charge is 0.394 e. The molecule has 10 aliphatic rings. The quantitative estimate of drug-likeness (QED) is 0.0571. The summed E-state index contributed by atoms with van der Waals surface area (Å²) in [6.45, 7) is 7.20. The summed E-state index contributed by atoms with van der Waals surface area (Å²) in [6.07, 6.45) is -32.9. The molecular weight excluding hydrogens is 1130 g/mol. The van der Waals surface area contributed by atoms with E-state index in [0.717, 1.165) is 32.1 Å². The van der Waals surface area contributed by atoms with E-state index in [1.54, 1.807) is 0 Å². The summed E-state index contributed by atoms with van der Waals surface area (Å²) < 4.78 is 66.1. The van der Waals surface area contributed by atoms with Gasteiger partial charge >= 0.3 is 0 Å². The Morgan fingerprint density at radius 3 is 1.68 bits per heavy atom. The van der Waals surface area contributed by atoms with Crippen LogP contribution in [0.3, 0.4) is 0 Å². The molecule has 36 atom stereocenters. The molecule has 6 aliphatic heterocycles. The van der Waals surface area contributed by atoms with Crippen molar-refractivity contribution in [2.75, 3.05) is 33.0 Å². The third kappa shape index (κ3) is 12.2. The van der Waals surface area contributed by atoms with E-state index in [2.05, 4.69) is 26.8 Å². The summed E-state index contributed by atoms with van der Waals surface area (Å²) >= 11 is 0. The number of rotatable bonds is 18. The Hall–Kier alpha value is -1.38. The molecule has 3 saturated carbocycles. The van der Waals surface area contributed by atoms with Gasteiger partial charge in [0.15, 0.2) is 37.2 Å². The van der Waals surface area contributed by atoms with Crippen LogP contribution in [0, 0.1) is 46.3 Å². The van der Waals surface area contributed by atoms with Gasteiger partial charge in [0.1, 0.15) is 116 Å². The number of hydrogen-bond donors (Lipinski definition) is 17. The second kappa shape index (κ2) is 26.3. The average molecular weight is 1230 g/mol. The van der Waals surface area contributed by atoms with E-state index in [9.17, 15) is 86.8 Å². The minimum absolute atomic E-state index is 0.104. The Morgan fingerprint density at radius 1 is 0.553 bits per heavy atom. The fourth-order valence-electron chi connectivity index (χ4n) is 16.5. The molecule has 0 radical (unpaired) electrons. The number of hydrogen-bond acceptors (Lipinski definition) is 28. The lowest BCUT2D eigenvalue weighted by molar-refractivity contribution is -0.396. The Morgan fingerprint density at radius 2 is 1.07 bits per heavy atom. The third-order valence-corrected chi connectivity index (χ3v) is 21.6. The van der Waals surface area contributed by atoms with Crippen LogP contribution in [0.4, 0.5) is 0 Å². The number of aliphatic hydroxyl groups excluding tert-OH is 16. The first-order valence-electron chi connectivity index (χ1n) is 30.4. The molecule has 490 valence electrons. The number of allylic oxidation sites excluding steroid dienone is 1. The van der Waals surface area contributed by atoms with Gasteiger partial charge in [-0.1, -0.05) is 39.3 Å². The van der Waals surface area contributed by atoms with Gasteiger partial charge in [0.25, 0.3) is 0 Å². The fraction of sp³-hybridized carbons (Fsp3) is 0.965. The van der Waals surface area contributed by atoms with Gasteiger partial charge in [-0.25, -0.2) is 0 Å². The lowest BCUT2D eigenvalue weighted by Gasteiger charge is -2.58. The Bertz CT molecular complexity index is 2230. The van der Waals surface area contributed by atoms with Crippen molar-refractivity contribution in [3.05, 3.63) is 11.6 Å². The predicted octanol–water partition coefficient (Wildman–Crippen LogP) is -5.18. The molecule has 0 aromatic heterocycles. The van der Waals surface area contributed by atoms with Gasteiger partial charge in [-0.05, 0) is 98.7 Å². The lowest BCUT2D eigenvalue weighted by Crippen LogP contribution is -2.67. The molecule has 6 saturated heterocycles. The predicted molar refractivity (Wildman–Crippen MR) is 283 cm³/mol. The van der Waals surface area contributed by atoms with E-state index in [1.807, 2.05) is 6.92 Å². The molecule has 36 unspecified atom stereocenters. The van der Waals surface area contributed by atoms with Crippen molar-refractivity contribution in [2.24, 2.45) is 46.3 Å². The summed E-state index contributed by atoms with van der Waals surface area (Å²) in [6, 6.07) is 0. The molecule has 9 fully saturated rings. The molecule has 4 aliphatic carbocycles. The van der Waals surface area contributed by atoms with Gasteiger partial charge in [-0.3, -0.25) is 0 Å². The number of fused-ring (bicyclic) bond motifs is 7. The molecule has 10 rings (SSSR count). The van der Waals surface area contributed by atoms with Crippen molar-refractivity contribution >= 4 is 0 Å². The van der Waals surface area contributed by atoms with E-state index in [-0.39, 0.29) is 41.3 Å². The Kier molecular flexibility index (Phi) is 20.6. The van der Waals surface area contributed by atoms with Crippen LogP contribution in [0.25, 0.3) is 0 Å². The molecule has 28 heteroatoms. The van der Waals surface area contributed by atoms with Gasteiger partial charge < -0.3 is 139 Å². The van der Waals surface area contributed by atoms with Crippen LogP contribution in [-0.2, 0) is 52.1 Å². The molecule has 0 bridgehead atoms. The molecule has 28 nitrogen and oxygen atoms in total. The van der Waals surface area contributed by atoms with Crippen LogP contribution in [0.1, 0.15) is 92.4 Å². The van der Waals surface area contributed by atoms with Crippen LogP contribution in [0.15, 0.2) is 11.6 Å². The smallest absolute Gasteiger partial charge is 0.187 e. The Labute approximate surface area is 492 Å². The standard InChI is InChI=1S/C57H94O28/c1-21(20-75-50-42(69)39(66)36(63)30(16-58)78-50)8-13-57(74)22(2)34-29(85-57)15-28-26-7-6-24-14-25(9-11-55(24,4)27(26)10-12-56(28,34)5)77-54-49(84-51-43(70)38(65)35(62)23(3)76-51)46(73)48(33(19-61)81-54)83-53-45(72)41(68)47(32(18-60)80-53)82-52-44(71)40(67)37(64)31(17-59)79-52/h6,21-23,25-54,58-74H,7-20H2,1-5H3. The minimum Gasteiger partial charge on any atom is -0.394 e. The molecule has 85 heavy (non-hydrogen) atoms. The minimum atomic E-state index is -2.04. The number of ether oxygens (including phenoxy) is 11. The maximum Gasteiger partial charge on any atom is 0.187 e. The molecule has 0 spiro atoms. The molecular formula is C57H94O28. The van der Waals surface area contributed by atoms with Gasteiger partial charge in [0, 0.05) is 12.3 Å². The summed E-state index contributed by atoms with van der Waals surface area (Å²) in [5.74, 6) is -0.535. The average Bonchev–Trinajstić information content (AvgIpc) is 1.60. The van der Waals surface area contributed by atoms with Gasteiger partial charge in [-0.2, -0.15) is 0 Å². The van der Waals surface area contributed by atoms with Crippen molar-refractivity contribution in [1.29, 1.82) is 0 Å². The number of aliphatic hydroxyl groups is 17. The highest BCUT2D eigenvalue weighted by atomic mass is 16.8. The van der Waals surface area contributed by atoms with Gasteiger partial charge in [0.2, 0.25) is 0 Å².